The second-order valence-corrected chi connectivity index (χ2v) is 6.38. The van der Waals surface area contributed by atoms with Gasteiger partial charge in [0.2, 0.25) is 5.88 Å². The maximum atomic E-state index is 11.7. The van der Waals surface area contributed by atoms with E-state index in [2.05, 4.69) is 11.2 Å². The Labute approximate surface area is 145 Å². The zero-order valence-corrected chi connectivity index (χ0v) is 14.3. The van der Waals surface area contributed by atoms with Crippen LogP contribution < -0.4 is 15.0 Å². The summed E-state index contributed by atoms with van der Waals surface area (Å²) >= 11 is 0. The molecule has 2 atom stereocenters. The molecule has 1 aromatic carbocycles. The molecule has 1 N–H and O–H groups in total. The zero-order chi connectivity index (χ0) is 18.2. The molecule has 2 unspecified atom stereocenters. The molecule has 3 rings (SSSR count). The van der Waals surface area contributed by atoms with Crippen molar-refractivity contribution < 1.29 is 14.6 Å². The van der Waals surface area contributed by atoms with Crippen molar-refractivity contribution in [3.63, 3.8) is 0 Å². The number of aliphatic hydroxyl groups is 1. The first-order chi connectivity index (χ1) is 11.9. The number of hydrogen-bond acceptors (Lipinski definition) is 6. The summed E-state index contributed by atoms with van der Waals surface area (Å²) in [5.74, 6) is 0.764. The van der Waals surface area contributed by atoms with Crippen molar-refractivity contribution in [1.29, 1.82) is 5.26 Å². The Morgan fingerprint density at radius 2 is 2.16 bits per heavy atom. The first-order valence-corrected chi connectivity index (χ1v) is 8.01. The Bertz CT molecular complexity index is 898. The molecule has 0 fully saturated rings. The predicted molar refractivity (Wildman–Crippen MR) is 89.4 cm³/mol. The first kappa shape index (κ1) is 17.0. The molecule has 2 aromatic rings. The molecular formula is C18H19N3O4. The van der Waals surface area contributed by atoms with Gasteiger partial charge in [-0.05, 0) is 39.0 Å². The minimum atomic E-state index is -0.988. The Balaban J connectivity index is 2.05. The van der Waals surface area contributed by atoms with Crippen LogP contribution in [0.4, 0.5) is 0 Å². The lowest BCUT2D eigenvalue weighted by Crippen LogP contribution is -2.50. The van der Waals surface area contributed by atoms with E-state index in [0.29, 0.717) is 23.4 Å². The summed E-state index contributed by atoms with van der Waals surface area (Å²) in [6, 6.07) is 9.89. The summed E-state index contributed by atoms with van der Waals surface area (Å²) < 4.78 is 13.0. The number of aryl methyl sites for hydroxylation is 1. The lowest BCUT2D eigenvalue weighted by atomic mass is 9.88. The molecular weight excluding hydrogens is 322 g/mol. The van der Waals surface area contributed by atoms with Crippen molar-refractivity contribution in [3.05, 3.63) is 51.8 Å². The van der Waals surface area contributed by atoms with Gasteiger partial charge in [-0.2, -0.15) is 5.26 Å². The molecule has 1 aliphatic heterocycles. The summed E-state index contributed by atoms with van der Waals surface area (Å²) in [5, 5.41) is 24.0. The van der Waals surface area contributed by atoms with E-state index in [-0.39, 0.29) is 11.4 Å². The average Bonchev–Trinajstić information content (AvgIpc) is 2.59. The largest absolute Gasteiger partial charge is 0.485 e. The lowest BCUT2D eigenvalue weighted by Gasteiger charge is -2.41. The Morgan fingerprint density at radius 3 is 2.84 bits per heavy atom. The third-order valence-electron chi connectivity index (χ3n) is 4.21. The van der Waals surface area contributed by atoms with Gasteiger partial charge in [-0.25, -0.2) is 4.68 Å². The second-order valence-electron chi connectivity index (χ2n) is 6.38. The number of hydrogen-bond donors (Lipinski definition) is 1. The van der Waals surface area contributed by atoms with E-state index in [1.807, 2.05) is 0 Å². The monoisotopic (exact) mass is 341 g/mol. The molecule has 0 bridgehead atoms. The van der Waals surface area contributed by atoms with E-state index < -0.39 is 17.8 Å². The molecule has 2 heterocycles. The van der Waals surface area contributed by atoms with E-state index >= 15 is 0 Å². The van der Waals surface area contributed by atoms with Crippen LogP contribution in [0, 0.1) is 11.3 Å². The fourth-order valence-electron chi connectivity index (χ4n) is 2.79. The molecule has 7 nitrogen and oxygen atoms in total. The van der Waals surface area contributed by atoms with Gasteiger partial charge in [0.05, 0.1) is 11.6 Å². The summed E-state index contributed by atoms with van der Waals surface area (Å²) in [4.78, 5) is 11.7. The number of aliphatic hydroxyl groups excluding tert-OH is 1. The van der Waals surface area contributed by atoms with Crippen molar-refractivity contribution in [2.45, 2.75) is 45.1 Å². The maximum Gasteiger partial charge on any atom is 0.266 e. The molecule has 0 aliphatic carbocycles. The van der Waals surface area contributed by atoms with Crippen molar-refractivity contribution in [1.82, 2.24) is 9.78 Å². The third kappa shape index (κ3) is 3.08. The highest BCUT2D eigenvalue weighted by Gasteiger charge is 2.44. The van der Waals surface area contributed by atoms with E-state index in [1.165, 1.54) is 16.8 Å². The topological polar surface area (TPSA) is 97.4 Å². The Morgan fingerprint density at radius 1 is 1.40 bits per heavy atom. The minimum Gasteiger partial charge on any atom is -0.485 e. The third-order valence-corrected chi connectivity index (χ3v) is 4.21. The molecule has 1 aromatic heterocycles. The van der Waals surface area contributed by atoms with Gasteiger partial charge in [0.25, 0.3) is 5.56 Å². The van der Waals surface area contributed by atoms with Crippen LogP contribution in [0.15, 0.2) is 35.1 Å². The highest BCUT2D eigenvalue weighted by atomic mass is 16.5. The molecule has 1 aliphatic rings. The van der Waals surface area contributed by atoms with Crippen LogP contribution >= 0.6 is 0 Å². The van der Waals surface area contributed by atoms with Crippen molar-refractivity contribution >= 4 is 0 Å². The number of nitriles is 1. The van der Waals surface area contributed by atoms with Gasteiger partial charge in [0, 0.05) is 24.2 Å². The molecule has 130 valence electrons. The standard InChI is InChI=1S/C18H19N3O4/c1-4-21-15(22)8-7-14(20-21)24-16-12-9-11(10-19)5-6-13(12)25-18(2,3)17(16)23/h5-9,16-17,23H,4H2,1-3H3. The Hall–Kier alpha value is -2.85. The van der Waals surface area contributed by atoms with Crippen LogP contribution in [0.25, 0.3) is 0 Å². The number of fused-ring (bicyclic) bond motifs is 1. The van der Waals surface area contributed by atoms with Crippen LogP contribution in [0.2, 0.25) is 0 Å². The van der Waals surface area contributed by atoms with Crippen molar-refractivity contribution in [2.24, 2.45) is 0 Å². The van der Waals surface area contributed by atoms with E-state index in [9.17, 15) is 9.90 Å². The number of ether oxygens (including phenoxy) is 2. The summed E-state index contributed by atoms with van der Waals surface area (Å²) in [6.07, 6.45) is -1.76. The maximum absolute atomic E-state index is 11.7. The Kier molecular flexibility index (Phi) is 4.23. The number of rotatable bonds is 3. The fourth-order valence-corrected chi connectivity index (χ4v) is 2.79. The molecule has 25 heavy (non-hydrogen) atoms. The van der Waals surface area contributed by atoms with Crippen LogP contribution in [0.1, 0.15) is 38.0 Å². The van der Waals surface area contributed by atoms with E-state index in [4.69, 9.17) is 14.7 Å². The quantitative estimate of drug-likeness (QED) is 0.914. The van der Waals surface area contributed by atoms with Crippen LogP contribution in [0.3, 0.4) is 0 Å². The van der Waals surface area contributed by atoms with E-state index in [0.717, 1.165) is 0 Å². The smallest absolute Gasteiger partial charge is 0.266 e. The average molecular weight is 341 g/mol. The number of aromatic nitrogens is 2. The number of nitrogens with zero attached hydrogens (tertiary/aromatic N) is 3. The summed E-state index contributed by atoms with van der Waals surface area (Å²) in [7, 11) is 0. The molecule has 7 heteroatoms. The molecule has 0 saturated heterocycles. The number of benzene rings is 1. The van der Waals surface area contributed by atoms with E-state index in [1.54, 1.807) is 39.0 Å². The van der Waals surface area contributed by atoms with Crippen LogP contribution in [-0.4, -0.2) is 26.6 Å². The van der Waals surface area contributed by atoms with Crippen molar-refractivity contribution in [2.75, 3.05) is 0 Å². The van der Waals surface area contributed by atoms with Gasteiger partial charge in [-0.3, -0.25) is 4.79 Å². The molecule has 0 spiro atoms. The highest BCUT2D eigenvalue weighted by Crippen LogP contribution is 2.42. The summed E-state index contributed by atoms with van der Waals surface area (Å²) in [5.41, 5.74) is -0.100. The van der Waals surface area contributed by atoms with Gasteiger partial charge in [-0.1, -0.05) is 0 Å². The van der Waals surface area contributed by atoms with Gasteiger partial charge in [0.1, 0.15) is 17.5 Å². The van der Waals surface area contributed by atoms with Gasteiger partial charge < -0.3 is 14.6 Å². The van der Waals surface area contributed by atoms with Crippen LogP contribution in [-0.2, 0) is 6.54 Å². The molecule has 0 radical (unpaired) electrons. The molecule has 0 amide bonds. The highest BCUT2D eigenvalue weighted by molar-refractivity contribution is 5.46. The van der Waals surface area contributed by atoms with Gasteiger partial charge in [-0.15, -0.1) is 5.10 Å². The zero-order valence-electron chi connectivity index (χ0n) is 14.3. The molecule has 0 saturated carbocycles. The van der Waals surface area contributed by atoms with Gasteiger partial charge in [0.15, 0.2) is 6.10 Å². The van der Waals surface area contributed by atoms with Crippen LogP contribution in [0.5, 0.6) is 11.6 Å². The second kappa shape index (κ2) is 6.22. The fraction of sp³-hybridized carbons (Fsp3) is 0.389. The summed E-state index contributed by atoms with van der Waals surface area (Å²) in [6.45, 7) is 5.73. The van der Waals surface area contributed by atoms with Crippen molar-refractivity contribution in [3.8, 4) is 17.7 Å². The normalized spacial score (nSPS) is 20.9. The lowest BCUT2D eigenvalue weighted by molar-refractivity contribution is -0.104. The predicted octanol–water partition coefficient (Wildman–Crippen LogP) is 1.79. The van der Waals surface area contributed by atoms with Gasteiger partial charge >= 0.3 is 0 Å². The SMILES string of the molecule is CCn1nc(OC2c3cc(C#N)ccc3OC(C)(C)C2O)ccc1=O. The minimum absolute atomic E-state index is 0.219. The first-order valence-electron chi connectivity index (χ1n) is 8.01.